The lowest BCUT2D eigenvalue weighted by molar-refractivity contribution is 0.0297. The van der Waals surface area contributed by atoms with Gasteiger partial charge in [-0.3, -0.25) is 9.48 Å². The van der Waals surface area contributed by atoms with Gasteiger partial charge in [-0.05, 0) is 44.6 Å². The van der Waals surface area contributed by atoms with Crippen LogP contribution < -0.4 is 5.32 Å². The van der Waals surface area contributed by atoms with Crippen molar-refractivity contribution in [3.05, 3.63) is 29.6 Å². The highest BCUT2D eigenvalue weighted by Gasteiger charge is 2.31. The zero-order valence-corrected chi connectivity index (χ0v) is 17.0. The fraction of sp³-hybridized carbons (Fsp3) is 0.727. The number of amides is 1. The molecule has 1 aromatic heterocycles. The molecule has 1 aromatic rings. The minimum atomic E-state index is 0.0651. The lowest BCUT2D eigenvalue weighted by Crippen LogP contribution is -2.42. The second kappa shape index (κ2) is 9.23. The summed E-state index contributed by atoms with van der Waals surface area (Å²) in [6.07, 6.45) is 11.8. The van der Waals surface area contributed by atoms with Gasteiger partial charge in [-0.1, -0.05) is 25.3 Å². The Balaban J connectivity index is 1.47. The summed E-state index contributed by atoms with van der Waals surface area (Å²) in [5.41, 5.74) is 3.04. The van der Waals surface area contributed by atoms with Gasteiger partial charge < -0.3 is 15.0 Å². The number of carbonyl (C=O) groups is 1. The molecule has 0 bridgehead atoms. The van der Waals surface area contributed by atoms with Gasteiger partial charge in [0.25, 0.3) is 5.91 Å². The number of hydrogen-bond acceptors (Lipinski definition) is 4. The fourth-order valence-electron chi connectivity index (χ4n) is 4.95. The summed E-state index contributed by atoms with van der Waals surface area (Å²) in [5, 5.41) is 8.54. The van der Waals surface area contributed by atoms with Crippen molar-refractivity contribution < 1.29 is 9.53 Å². The van der Waals surface area contributed by atoms with Crippen molar-refractivity contribution in [3.63, 3.8) is 0 Å². The van der Waals surface area contributed by atoms with Crippen LogP contribution in [0.25, 0.3) is 0 Å². The second-order valence-corrected chi connectivity index (χ2v) is 8.50. The molecular weight excluding hydrogens is 352 g/mol. The molecule has 154 valence electrons. The van der Waals surface area contributed by atoms with Crippen molar-refractivity contribution >= 4 is 5.91 Å². The largest absolute Gasteiger partial charge is 0.378 e. The third kappa shape index (κ3) is 4.33. The molecule has 1 amide bonds. The summed E-state index contributed by atoms with van der Waals surface area (Å²) in [4.78, 5) is 15.0. The van der Waals surface area contributed by atoms with Crippen LogP contribution in [-0.4, -0.2) is 59.5 Å². The zero-order valence-electron chi connectivity index (χ0n) is 17.0. The highest BCUT2D eigenvalue weighted by molar-refractivity contribution is 5.94. The molecule has 1 unspecified atom stereocenters. The van der Waals surface area contributed by atoms with Crippen LogP contribution in [0.5, 0.6) is 0 Å². The van der Waals surface area contributed by atoms with E-state index in [1.54, 1.807) is 0 Å². The Morgan fingerprint density at radius 3 is 2.75 bits per heavy atom. The number of morpholine rings is 1. The first kappa shape index (κ1) is 19.6. The predicted molar refractivity (Wildman–Crippen MR) is 110 cm³/mol. The van der Waals surface area contributed by atoms with E-state index in [-0.39, 0.29) is 5.91 Å². The van der Waals surface area contributed by atoms with Gasteiger partial charge in [0.1, 0.15) is 0 Å². The molecule has 0 aromatic carbocycles. The van der Waals surface area contributed by atoms with Crippen LogP contribution in [-0.2, 0) is 24.1 Å². The number of nitrogens with zero attached hydrogens (tertiary/aromatic N) is 3. The first-order chi connectivity index (χ1) is 13.8. The minimum Gasteiger partial charge on any atom is -0.378 e. The summed E-state index contributed by atoms with van der Waals surface area (Å²) < 4.78 is 7.40. The third-order valence-corrected chi connectivity index (χ3v) is 6.57. The summed E-state index contributed by atoms with van der Waals surface area (Å²) in [6.45, 7) is 8.20. The zero-order chi connectivity index (χ0) is 19.3. The Kier molecular flexibility index (Phi) is 6.47. The summed E-state index contributed by atoms with van der Waals surface area (Å²) in [5.74, 6) is 0.892. The predicted octanol–water partition coefficient (Wildman–Crippen LogP) is 2.57. The maximum atomic E-state index is 13.1. The van der Waals surface area contributed by atoms with Gasteiger partial charge in [0.2, 0.25) is 0 Å². The molecule has 2 heterocycles. The first-order valence-corrected chi connectivity index (χ1v) is 11.1. The van der Waals surface area contributed by atoms with E-state index >= 15 is 0 Å². The highest BCUT2D eigenvalue weighted by Crippen LogP contribution is 2.28. The third-order valence-electron chi connectivity index (χ3n) is 6.57. The van der Waals surface area contributed by atoms with E-state index in [2.05, 4.69) is 11.9 Å². The number of carbonyl (C=O) groups excluding carboxylic acids is 1. The van der Waals surface area contributed by atoms with Crippen molar-refractivity contribution in [3.8, 4) is 0 Å². The molecule has 0 radical (unpaired) electrons. The Hall–Kier alpha value is -1.66. The lowest BCUT2D eigenvalue weighted by atomic mass is 9.87. The molecule has 6 heteroatoms. The topological polar surface area (TPSA) is 59.4 Å². The fourth-order valence-corrected chi connectivity index (χ4v) is 4.95. The molecule has 1 aliphatic heterocycles. The monoisotopic (exact) mass is 386 g/mol. The maximum Gasteiger partial charge on any atom is 0.274 e. The summed E-state index contributed by atoms with van der Waals surface area (Å²) in [7, 11) is 0. The Morgan fingerprint density at radius 1 is 1.21 bits per heavy atom. The Morgan fingerprint density at radius 2 is 2.00 bits per heavy atom. The summed E-state index contributed by atoms with van der Waals surface area (Å²) in [6, 6.07) is 0.451. The van der Waals surface area contributed by atoms with E-state index in [0.29, 0.717) is 44.6 Å². The average Bonchev–Trinajstić information content (AvgIpc) is 3.11. The molecule has 1 saturated heterocycles. The van der Waals surface area contributed by atoms with E-state index in [1.165, 1.54) is 37.8 Å². The van der Waals surface area contributed by atoms with Crippen LogP contribution >= 0.6 is 0 Å². The smallest absolute Gasteiger partial charge is 0.274 e. The number of hydrogen-bond donors (Lipinski definition) is 1. The van der Waals surface area contributed by atoms with Gasteiger partial charge in [-0.2, -0.15) is 5.10 Å². The standard InChI is InChI=1S/C22H34N4O2/c1-2-10-26-20-9-8-18(23-16-17-6-4-3-5-7-17)15-19(20)21(24-26)22(27)25-11-13-28-14-12-25/h2,17-18,23H,1,3-16H2. The van der Waals surface area contributed by atoms with Crippen molar-refractivity contribution in [2.24, 2.45) is 5.92 Å². The lowest BCUT2D eigenvalue weighted by Gasteiger charge is -2.29. The van der Waals surface area contributed by atoms with Crippen LogP contribution in [0.4, 0.5) is 0 Å². The van der Waals surface area contributed by atoms with Crippen LogP contribution in [0.15, 0.2) is 12.7 Å². The minimum absolute atomic E-state index is 0.0651. The normalized spacial score (nSPS) is 23.4. The molecule has 2 fully saturated rings. The van der Waals surface area contributed by atoms with Crippen molar-refractivity contribution in [1.29, 1.82) is 0 Å². The quantitative estimate of drug-likeness (QED) is 0.764. The molecule has 3 aliphatic rings. The molecule has 1 saturated carbocycles. The molecule has 4 rings (SSSR count). The molecular formula is C22H34N4O2. The number of ether oxygens (including phenoxy) is 1. The molecule has 2 aliphatic carbocycles. The van der Waals surface area contributed by atoms with E-state index in [0.717, 1.165) is 37.3 Å². The van der Waals surface area contributed by atoms with Crippen LogP contribution in [0.3, 0.4) is 0 Å². The maximum absolute atomic E-state index is 13.1. The number of aromatic nitrogens is 2. The van der Waals surface area contributed by atoms with Gasteiger partial charge in [0, 0.05) is 30.4 Å². The summed E-state index contributed by atoms with van der Waals surface area (Å²) >= 11 is 0. The SMILES string of the molecule is C=CCn1nc(C(=O)N2CCOCC2)c2c1CCC(NCC1CCCCC1)C2. The van der Waals surface area contributed by atoms with E-state index < -0.39 is 0 Å². The molecule has 1 atom stereocenters. The number of allylic oxidation sites excluding steroid dienone is 1. The van der Waals surface area contributed by atoms with E-state index in [1.807, 2.05) is 15.7 Å². The van der Waals surface area contributed by atoms with E-state index in [9.17, 15) is 4.79 Å². The van der Waals surface area contributed by atoms with Gasteiger partial charge in [0.05, 0.1) is 19.8 Å². The molecule has 1 N–H and O–H groups in total. The van der Waals surface area contributed by atoms with Gasteiger partial charge in [0.15, 0.2) is 5.69 Å². The number of fused-ring (bicyclic) bond motifs is 1. The number of rotatable bonds is 6. The van der Waals surface area contributed by atoms with Crippen molar-refractivity contribution in [1.82, 2.24) is 20.0 Å². The van der Waals surface area contributed by atoms with Crippen LogP contribution in [0, 0.1) is 5.92 Å². The first-order valence-electron chi connectivity index (χ1n) is 11.1. The van der Waals surface area contributed by atoms with Crippen LogP contribution in [0.1, 0.15) is 60.3 Å². The average molecular weight is 387 g/mol. The number of nitrogens with one attached hydrogen (secondary N) is 1. The van der Waals surface area contributed by atoms with Crippen molar-refractivity contribution in [2.75, 3.05) is 32.8 Å². The molecule has 0 spiro atoms. The van der Waals surface area contributed by atoms with E-state index in [4.69, 9.17) is 9.84 Å². The molecule has 6 nitrogen and oxygen atoms in total. The van der Waals surface area contributed by atoms with Crippen molar-refractivity contribution in [2.45, 2.75) is 64.0 Å². The highest BCUT2D eigenvalue weighted by atomic mass is 16.5. The van der Waals surface area contributed by atoms with Crippen LogP contribution in [0.2, 0.25) is 0 Å². The Labute approximate surface area is 168 Å². The molecule has 28 heavy (non-hydrogen) atoms. The second-order valence-electron chi connectivity index (χ2n) is 8.50. The van der Waals surface area contributed by atoms with Gasteiger partial charge in [-0.25, -0.2) is 0 Å². The Bertz CT molecular complexity index is 687. The van der Waals surface area contributed by atoms with Gasteiger partial charge >= 0.3 is 0 Å². The van der Waals surface area contributed by atoms with Gasteiger partial charge in [-0.15, -0.1) is 6.58 Å².